The molecule has 0 unspecified atom stereocenters. The van der Waals surface area contributed by atoms with Crippen LogP contribution in [0.15, 0.2) is 30.3 Å². The van der Waals surface area contributed by atoms with Gasteiger partial charge in [0.25, 0.3) is 0 Å². The maximum absolute atomic E-state index is 5.78. The SMILES string of the molecule is NCC[C@@H](Cc1ccccc1)[C@H]1CCCO1. The third-order valence-corrected chi connectivity index (χ3v) is 3.37. The number of rotatable bonds is 5. The van der Waals surface area contributed by atoms with E-state index in [2.05, 4.69) is 30.3 Å². The summed E-state index contributed by atoms with van der Waals surface area (Å²) in [5.74, 6) is 0.592. The quantitative estimate of drug-likeness (QED) is 0.825. The van der Waals surface area contributed by atoms with Gasteiger partial charge in [0.2, 0.25) is 0 Å². The van der Waals surface area contributed by atoms with E-state index in [-0.39, 0.29) is 0 Å². The summed E-state index contributed by atoms with van der Waals surface area (Å²) in [4.78, 5) is 0. The van der Waals surface area contributed by atoms with E-state index in [1.165, 1.54) is 18.4 Å². The normalized spacial score (nSPS) is 22.2. The van der Waals surface area contributed by atoms with Crippen molar-refractivity contribution in [1.29, 1.82) is 0 Å². The molecule has 0 spiro atoms. The molecule has 0 bridgehead atoms. The Bertz CT molecular complexity index is 293. The van der Waals surface area contributed by atoms with Gasteiger partial charge in [-0.1, -0.05) is 30.3 Å². The fraction of sp³-hybridized carbons (Fsp3) is 0.571. The van der Waals surface area contributed by atoms with Crippen molar-refractivity contribution in [2.24, 2.45) is 11.7 Å². The highest BCUT2D eigenvalue weighted by atomic mass is 16.5. The number of nitrogens with two attached hydrogens (primary N) is 1. The number of ether oxygens (including phenoxy) is 1. The Kier molecular flexibility index (Phi) is 4.37. The monoisotopic (exact) mass is 219 g/mol. The molecule has 2 atom stereocenters. The number of hydrogen-bond acceptors (Lipinski definition) is 2. The van der Waals surface area contributed by atoms with Gasteiger partial charge < -0.3 is 10.5 Å². The smallest absolute Gasteiger partial charge is 0.0607 e. The van der Waals surface area contributed by atoms with E-state index in [1.54, 1.807) is 0 Å². The fourth-order valence-electron chi connectivity index (χ4n) is 2.52. The Labute approximate surface area is 97.8 Å². The first-order chi connectivity index (χ1) is 7.90. The zero-order valence-electron chi connectivity index (χ0n) is 9.77. The van der Waals surface area contributed by atoms with E-state index < -0.39 is 0 Å². The average molecular weight is 219 g/mol. The first-order valence-corrected chi connectivity index (χ1v) is 6.25. The lowest BCUT2D eigenvalue weighted by atomic mass is 9.90. The highest BCUT2D eigenvalue weighted by molar-refractivity contribution is 5.15. The zero-order valence-corrected chi connectivity index (χ0v) is 9.77. The van der Waals surface area contributed by atoms with Crippen LogP contribution in [0.5, 0.6) is 0 Å². The lowest BCUT2D eigenvalue weighted by molar-refractivity contribution is 0.0604. The van der Waals surface area contributed by atoms with Gasteiger partial charge in [-0.3, -0.25) is 0 Å². The molecule has 1 fully saturated rings. The summed E-state index contributed by atoms with van der Waals surface area (Å²) in [6.45, 7) is 1.69. The van der Waals surface area contributed by atoms with Gasteiger partial charge in [0.05, 0.1) is 6.10 Å². The van der Waals surface area contributed by atoms with Crippen LogP contribution < -0.4 is 5.73 Å². The highest BCUT2D eigenvalue weighted by Gasteiger charge is 2.25. The second-order valence-corrected chi connectivity index (χ2v) is 4.58. The van der Waals surface area contributed by atoms with Gasteiger partial charge in [-0.05, 0) is 43.7 Å². The fourth-order valence-corrected chi connectivity index (χ4v) is 2.52. The standard InChI is InChI=1S/C14H21NO/c15-9-8-13(14-7-4-10-16-14)11-12-5-2-1-3-6-12/h1-3,5-6,13-14H,4,7-11,15H2/t13-,14+/m0/s1. The van der Waals surface area contributed by atoms with Crippen molar-refractivity contribution in [2.75, 3.05) is 13.2 Å². The number of benzene rings is 1. The second kappa shape index (κ2) is 6.02. The number of hydrogen-bond donors (Lipinski definition) is 1. The van der Waals surface area contributed by atoms with Crippen molar-refractivity contribution in [3.8, 4) is 0 Å². The molecule has 0 saturated carbocycles. The molecular weight excluding hydrogens is 198 g/mol. The molecule has 2 rings (SSSR count). The third kappa shape index (κ3) is 3.06. The first-order valence-electron chi connectivity index (χ1n) is 6.25. The summed E-state index contributed by atoms with van der Waals surface area (Å²) in [5.41, 5.74) is 7.09. The van der Waals surface area contributed by atoms with E-state index in [0.717, 1.165) is 26.0 Å². The molecule has 0 radical (unpaired) electrons. The predicted molar refractivity (Wildman–Crippen MR) is 66.3 cm³/mol. The van der Waals surface area contributed by atoms with E-state index in [1.807, 2.05) is 0 Å². The van der Waals surface area contributed by atoms with Gasteiger partial charge in [-0.15, -0.1) is 0 Å². The van der Waals surface area contributed by atoms with Crippen LogP contribution in [0.2, 0.25) is 0 Å². The van der Waals surface area contributed by atoms with Crippen LogP contribution in [0.4, 0.5) is 0 Å². The van der Waals surface area contributed by atoms with Crippen LogP contribution in [0, 0.1) is 5.92 Å². The van der Waals surface area contributed by atoms with Crippen LogP contribution in [-0.4, -0.2) is 19.3 Å². The Morgan fingerprint density at radius 2 is 2.12 bits per heavy atom. The predicted octanol–water partition coefficient (Wildman–Crippen LogP) is 2.37. The molecule has 2 nitrogen and oxygen atoms in total. The highest BCUT2D eigenvalue weighted by Crippen LogP contribution is 2.25. The van der Waals surface area contributed by atoms with Crippen molar-refractivity contribution in [2.45, 2.75) is 31.8 Å². The van der Waals surface area contributed by atoms with E-state index in [4.69, 9.17) is 10.5 Å². The van der Waals surface area contributed by atoms with Crippen LogP contribution in [0.25, 0.3) is 0 Å². The Morgan fingerprint density at radius 3 is 2.75 bits per heavy atom. The van der Waals surface area contributed by atoms with E-state index in [0.29, 0.717) is 12.0 Å². The molecule has 0 aliphatic carbocycles. The van der Waals surface area contributed by atoms with Crippen LogP contribution in [-0.2, 0) is 11.2 Å². The summed E-state index contributed by atoms with van der Waals surface area (Å²) in [5, 5.41) is 0. The van der Waals surface area contributed by atoms with Crippen molar-refractivity contribution in [1.82, 2.24) is 0 Å². The zero-order chi connectivity index (χ0) is 11.2. The minimum atomic E-state index is 0.434. The molecule has 1 aliphatic heterocycles. The van der Waals surface area contributed by atoms with Gasteiger partial charge in [0.1, 0.15) is 0 Å². The molecule has 2 N–H and O–H groups in total. The van der Waals surface area contributed by atoms with Gasteiger partial charge in [0, 0.05) is 6.61 Å². The minimum Gasteiger partial charge on any atom is -0.378 e. The molecule has 1 heterocycles. The minimum absolute atomic E-state index is 0.434. The maximum atomic E-state index is 5.78. The molecule has 1 aromatic rings. The third-order valence-electron chi connectivity index (χ3n) is 3.37. The van der Waals surface area contributed by atoms with E-state index >= 15 is 0 Å². The van der Waals surface area contributed by atoms with Crippen LogP contribution >= 0.6 is 0 Å². The average Bonchev–Trinajstić information content (AvgIpc) is 2.83. The van der Waals surface area contributed by atoms with Crippen molar-refractivity contribution in [3.05, 3.63) is 35.9 Å². The van der Waals surface area contributed by atoms with E-state index in [9.17, 15) is 0 Å². The van der Waals surface area contributed by atoms with Gasteiger partial charge in [0.15, 0.2) is 0 Å². The Morgan fingerprint density at radius 1 is 1.31 bits per heavy atom. The molecule has 2 heteroatoms. The summed E-state index contributed by atoms with van der Waals surface area (Å²) < 4.78 is 5.78. The van der Waals surface area contributed by atoms with Crippen molar-refractivity contribution in [3.63, 3.8) is 0 Å². The van der Waals surface area contributed by atoms with Gasteiger partial charge >= 0.3 is 0 Å². The van der Waals surface area contributed by atoms with Gasteiger partial charge in [-0.2, -0.15) is 0 Å². The molecule has 88 valence electrons. The molecule has 1 aromatic carbocycles. The lowest BCUT2D eigenvalue weighted by Gasteiger charge is -2.22. The molecule has 0 amide bonds. The van der Waals surface area contributed by atoms with Gasteiger partial charge in [-0.25, -0.2) is 0 Å². The molecule has 0 aromatic heterocycles. The summed E-state index contributed by atoms with van der Waals surface area (Å²) in [6.07, 6.45) is 5.02. The second-order valence-electron chi connectivity index (χ2n) is 4.58. The summed E-state index contributed by atoms with van der Waals surface area (Å²) >= 11 is 0. The molecule has 1 saturated heterocycles. The summed E-state index contributed by atoms with van der Waals surface area (Å²) in [7, 11) is 0. The van der Waals surface area contributed by atoms with Crippen LogP contribution in [0.3, 0.4) is 0 Å². The van der Waals surface area contributed by atoms with Crippen molar-refractivity contribution < 1.29 is 4.74 Å². The largest absolute Gasteiger partial charge is 0.378 e. The van der Waals surface area contributed by atoms with Crippen molar-refractivity contribution >= 4 is 0 Å². The maximum Gasteiger partial charge on any atom is 0.0607 e. The Hall–Kier alpha value is -0.860. The first kappa shape index (κ1) is 11.6. The topological polar surface area (TPSA) is 35.2 Å². The Balaban J connectivity index is 1.96. The summed E-state index contributed by atoms with van der Waals surface area (Å²) in [6, 6.07) is 10.7. The molecular formula is C14H21NO. The molecule has 1 aliphatic rings. The van der Waals surface area contributed by atoms with Crippen LogP contribution in [0.1, 0.15) is 24.8 Å². The lowest BCUT2D eigenvalue weighted by Crippen LogP contribution is -2.24. The molecule has 16 heavy (non-hydrogen) atoms.